The molecular formula is C20H20ClN5O3. The van der Waals surface area contributed by atoms with Crippen molar-refractivity contribution in [3.63, 3.8) is 0 Å². The molecule has 0 saturated carbocycles. The van der Waals surface area contributed by atoms with Gasteiger partial charge in [0.25, 0.3) is 0 Å². The Labute approximate surface area is 172 Å². The summed E-state index contributed by atoms with van der Waals surface area (Å²) in [6, 6.07) is 9.88. The number of pyridine rings is 1. The molecule has 0 bridgehead atoms. The van der Waals surface area contributed by atoms with Crippen LogP contribution >= 0.6 is 11.6 Å². The van der Waals surface area contributed by atoms with Crippen LogP contribution in [0.15, 0.2) is 42.6 Å². The van der Waals surface area contributed by atoms with Crippen molar-refractivity contribution in [2.24, 2.45) is 0 Å². The SMILES string of the molecule is CCOC(=O)c1c(C)nn(-c2ccc(NC(=O)Nc3ccccc3Cl)cn2)c1C. The summed E-state index contributed by atoms with van der Waals surface area (Å²) >= 11 is 6.03. The molecular weight excluding hydrogens is 394 g/mol. The Balaban J connectivity index is 1.74. The molecule has 0 atom stereocenters. The van der Waals surface area contributed by atoms with Crippen molar-refractivity contribution in [2.45, 2.75) is 20.8 Å². The van der Waals surface area contributed by atoms with Gasteiger partial charge >= 0.3 is 12.0 Å². The van der Waals surface area contributed by atoms with Gasteiger partial charge in [0.15, 0.2) is 5.82 Å². The van der Waals surface area contributed by atoms with Crippen molar-refractivity contribution in [1.82, 2.24) is 14.8 Å². The molecule has 0 aliphatic rings. The number of rotatable bonds is 5. The number of para-hydroxylation sites is 1. The number of halogens is 1. The van der Waals surface area contributed by atoms with E-state index in [9.17, 15) is 9.59 Å². The van der Waals surface area contributed by atoms with Crippen LogP contribution in [0.5, 0.6) is 0 Å². The van der Waals surface area contributed by atoms with Crippen molar-refractivity contribution in [3.05, 3.63) is 64.6 Å². The number of esters is 1. The minimum absolute atomic E-state index is 0.289. The van der Waals surface area contributed by atoms with E-state index in [1.54, 1.807) is 61.9 Å². The standard InChI is InChI=1S/C20H20ClN5O3/c1-4-29-19(27)18-12(2)25-26(13(18)3)17-10-9-14(11-22-17)23-20(28)24-16-8-6-5-7-15(16)21/h5-11H,4H2,1-3H3,(H2,23,24,28). The van der Waals surface area contributed by atoms with Crippen molar-refractivity contribution in [1.29, 1.82) is 0 Å². The Morgan fingerprint density at radius 3 is 2.55 bits per heavy atom. The van der Waals surface area contributed by atoms with E-state index in [0.29, 0.717) is 39.2 Å². The highest BCUT2D eigenvalue weighted by molar-refractivity contribution is 6.33. The van der Waals surface area contributed by atoms with Crippen LogP contribution in [0.4, 0.5) is 16.2 Å². The van der Waals surface area contributed by atoms with Gasteiger partial charge in [0.05, 0.1) is 40.6 Å². The summed E-state index contributed by atoms with van der Waals surface area (Å²) in [5.74, 6) is 0.0986. The molecule has 29 heavy (non-hydrogen) atoms. The Morgan fingerprint density at radius 2 is 1.90 bits per heavy atom. The molecule has 8 nitrogen and oxygen atoms in total. The van der Waals surface area contributed by atoms with Crippen LogP contribution in [0.25, 0.3) is 5.82 Å². The normalized spacial score (nSPS) is 10.5. The second-order valence-electron chi connectivity index (χ2n) is 6.14. The fourth-order valence-corrected chi connectivity index (χ4v) is 2.98. The maximum absolute atomic E-state index is 12.2. The number of hydrogen-bond donors (Lipinski definition) is 2. The first-order chi connectivity index (χ1) is 13.9. The molecule has 0 radical (unpaired) electrons. The number of benzene rings is 1. The first-order valence-corrected chi connectivity index (χ1v) is 9.30. The number of aryl methyl sites for hydroxylation is 1. The van der Waals surface area contributed by atoms with Crippen molar-refractivity contribution >= 4 is 35.0 Å². The molecule has 3 aromatic rings. The number of carbonyl (C=O) groups excluding carboxylic acids is 2. The summed E-state index contributed by atoms with van der Waals surface area (Å²) in [6.07, 6.45) is 1.50. The predicted octanol–water partition coefficient (Wildman–Crippen LogP) is 4.36. The van der Waals surface area contributed by atoms with Crippen LogP contribution in [0.3, 0.4) is 0 Å². The Morgan fingerprint density at radius 1 is 1.14 bits per heavy atom. The summed E-state index contributed by atoms with van der Waals surface area (Å²) < 4.78 is 6.65. The van der Waals surface area contributed by atoms with Crippen LogP contribution in [0, 0.1) is 13.8 Å². The molecule has 2 aromatic heterocycles. The highest BCUT2D eigenvalue weighted by Gasteiger charge is 2.20. The van der Waals surface area contributed by atoms with E-state index in [0.717, 1.165) is 0 Å². The fourth-order valence-electron chi connectivity index (χ4n) is 2.80. The van der Waals surface area contributed by atoms with Gasteiger partial charge in [0.1, 0.15) is 5.56 Å². The second-order valence-corrected chi connectivity index (χ2v) is 6.55. The minimum Gasteiger partial charge on any atom is -0.462 e. The topological polar surface area (TPSA) is 98.1 Å². The molecule has 2 N–H and O–H groups in total. The average molecular weight is 414 g/mol. The number of nitrogens with zero attached hydrogens (tertiary/aromatic N) is 3. The molecule has 0 fully saturated rings. The third-order valence-corrected chi connectivity index (χ3v) is 4.45. The van der Waals surface area contributed by atoms with Gasteiger partial charge in [-0.2, -0.15) is 5.10 Å². The molecule has 0 aliphatic carbocycles. The Bertz CT molecular complexity index is 1050. The zero-order chi connectivity index (χ0) is 21.0. The molecule has 2 heterocycles. The number of urea groups is 1. The maximum atomic E-state index is 12.2. The smallest absolute Gasteiger partial charge is 0.341 e. The number of ether oxygens (including phenoxy) is 1. The maximum Gasteiger partial charge on any atom is 0.341 e. The summed E-state index contributed by atoms with van der Waals surface area (Å²) in [5, 5.41) is 10.2. The second kappa shape index (κ2) is 8.74. The third kappa shape index (κ3) is 4.55. The number of aromatic nitrogens is 3. The Kier molecular flexibility index (Phi) is 6.13. The lowest BCUT2D eigenvalue weighted by molar-refractivity contribution is 0.0524. The average Bonchev–Trinajstić information content (AvgIpc) is 2.98. The van der Waals surface area contributed by atoms with Gasteiger partial charge in [-0.1, -0.05) is 23.7 Å². The van der Waals surface area contributed by atoms with Crippen molar-refractivity contribution in [2.75, 3.05) is 17.2 Å². The predicted molar refractivity (Wildman–Crippen MR) is 111 cm³/mol. The van der Waals surface area contributed by atoms with E-state index in [-0.39, 0.29) is 6.61 Å². The summed E-state index contributed by atoms with van der Waals surface area (Å²) in [6.45, 7) is 5.56. The van der Waals surface area contributed by atoms with Gasteiger partial charge in [0.2, 0.25) is 0 Å². The molecule has 0 unspecified atom stereocenters. The number of nitrogens with one attached hydrogen (secondary N) is 2. The number of carbonyl (C=O) groups is 2. The van der Waals surface area contributed by atoms with Crippen LogP contribution in [-0.4, -0.2) is 33.4 Å². The molecule has 0 aliphatic heterocycles. The van der Waals surface area contributed by atoms with Gasteiger partial charge in [0, 0.05) is 0 Å². The van der Waals surface area contributed by atoms with E-state index in [1.807, 2.05) is 0 Å². The third-order valence-electron chi connectivity index (χ3n) is 4.12. The minimum atomic E-state index is -0.441. The molecule has 9 heteroatoms. The summed E-state index contributed by atoms with van der Waals surface area (Å²) in [7, 11) is 0. The van der Waals surface area contributed by atoms with Gasteiger partial charge < -0.3 is 15.4 Å². The molecule has 0 spiro atoms. The van der Waals surface area contributed by atoms with Crippen LogP contribution in [0.2, 0.25) is 5.02 Å². The number of anilines is 2. The highest BCUT2D eigenvalue weighted by Crippen LogP contribution is 2.21. The monoisotopic (exact) mass is 413 g/mol. The van der Waals surface area contributed by atoms with Gasteiger partial charge in [-0.05, 0) is 45.0 Å². The molecule has 3 rings (SSSR count). The lowest BCUT2D eigenvalue weighted by Gasteiger charge is -2.09. The lowest BCUT2D eigenvalue weighted by atomic mass is 10.2. The highest BCUT2D eigenvalue weighted by atomic mass is 35.5. The van der Waals surface area contributed by atoms with E-state index in [2.05, 4.69) is 20.7 Å². The quantitative estimate of drug-likeness (QED) is 0.605. The molecule has 1 aromatic carbocycles. The first kappa shape index (κ1) is 20.3. The first-order valence-electron chi connectivity index (χ1n) is 8.93. The van der Waals surface area contributed by atoms with E-state index < -0.39 is 12.0 Å². The van der Waals surface area contributed by atoms with Gasteiger partial charge in [-0.25, -0.2) is 19.3 Å². The zero-order valence-electron chi connectivity index (χ0n) is 16.2. The van der Waals surface area contributed by atoms with E-state index in [4.69, 9.17) is 16.3 Å². The summed E-state index contributed by atoms with van der Waals surface area (Å²) in [4.78, 5) is 28.6. The van der Waals surface area contributed by atoms with Crippen LogP contribution < -0.4 is 10.6 Å². The lowest BCUT2D eigenvalue weighted by Crippen LogP contribution is -2.19. The van der Waals surface area contributed by atoms with Gasteiger partial charge in [-0.15, -0.1) is 0 Å². The molecule has 0 saturated heterocycles. The van der Waals surface area contributed by atoms with Crippen molar-refractivity contribution < 1.29 is 14.3 Å². The number of amides is 2. The summed E-state index contributed by atoms with van der Waals surface area (Å²) in [5.41, 5.74) is 2.61. The van der Waals surface area contributed by atoms with E-state index in [1.165, 1.54) is 6.20 Å². The van der Waals surface area contributed by atoms with Crippen molar-refractivity contribution in [3.8, 4) is 5.82 Å². The molecule has 150 valence electrons. The van der Waals surface area contributed by atoms with Crippen LogP contribution in [0.1, 0.15) is 28.7 Å². The zero-order valence-corrected chi connectivity index (χ0v) is 16.9. The number of hydrogen-bond acceptors (Lipinski definition) is 5. The fraction of sp³-hybridized carbons (Fsp3) is 0.200. The largest absolute Gasteiger partial charge is 0.462 e. The molecule has 2 amide bonds. The van der Waals surface area contributed by atoms with Gasteiger partial charge in [-0.3, -0.25) is 0 Å². The van der Waals surface area contributed by atoms with Crippen LogP contribution in [-0.2, 0) is 4.74 Å². The van der Waals surface area contributed by atoms with E-state index >= 15 is 0 Å². The Hall–Kier alpha value is -3.39.